The minimum Gasteiger partial charge on any atom is -0.458 e. The van der Waals surface area contributed by atoms with Crippen molar-refractivity contribution in [1.82, 2.24) is 0 Å². The minimum atomic E-state index is -1.01. The van der Waals surface area contributed by atoms with Crippen molar-refractivity contribution in [2.45, 2.75) is 140 Å². The molecule has 2 aliphatic heterocycles. The summed E-state index contributed by atoms with van der Waals surface area (Å²) >= 11 is 0. The second-order valence-electron chi connectivity index (χ2n) is 15.1. The van der Waals surface area contributed by atoms with E-state index in [-0.39, 0.29) is 35.2 Å². The molecule has 4 saturated carbocycles. The Morgan fingerprint density at radius 2 is 1.56 bits per heavy atom. The van der Waals surface area contributed by atoms with Gasteiger partial charge in [0.25, 0.3) is 0 Å². The van der Waals surface area contributed by atoms with Crippen LogP contribution in [-0.4, -0.2) is 89.8 Å². The predicted octanol–water partition coefficient (Wildman–Crippen LogP) is 3.37. The third-order valence-corrected chi connectivity index (χ3v) is 13.0. The van der Waals surface area contributed by atoms with E-state index in [0.717, 1.165) is 24.8 Å². The Morgan fingerprint density at radius 1 is 0.889 bits per heavy atom. The van der Waals surface area contributed by atoms with E-state index in [0.29, 0.717) is 45.1 Å². The van der Waals surface area contributed by atoms with Crippen LogP contribution in [-0.2, 0) is 42.8 Å². The number of esters is 3. The van der Waals surface area contributed by atoms with Gasteiger partial charge in [-0.15, -0.1) is 0 Å². The van der Waals surface area contributed by atoms with Gasteiger partial charge < -0.3 is 38.6 Å². The minimum absolute atomic E-state index is 0.0548. The molecule has 13 atom stereocenters. The first-order valence-corrected chi connectivity index (χ1v) is 16.7. The maximum Gasteiger partial charge on any atom is 0.331 e. The molecule has 0 aromatic rings. The van der Waals surface area contributed by atoms with Gasteiger partial charge in [-0.2, -0.15) is 0 Å². The zero-order valence-corrected chi connectivity index (χ0v) is 27.4. The number of carbonyl (C=O) groups is 3. The maximum atomic E-state index is 12.5. The van der Waals surface area contributed by atoms with Crippen molar-refractivity contribution in [3.63, 3.8) is 0 Å². The number of aliphatic hydroxyl groups is 2. The molecule has 45 heavy (non-hydrogen) atoms. The Morgan fingerprint density at radius 3 is 2.20 bits per heavy atom. The average molecular weight is 635 g/mol. The average Bonchev–Trinajstić information content (AvgIpc) is 3.51. The van der Waals surface area contributed by atoms with Crippen LogP contribution in [0.5, 0.6) is 0 Å². The summed E-state index contributed by atoms with van der Waals surface area (Å²) in [5, 5.41) is 24.9. The number of ether oxygens (including phenoxy) is 6. The van der Waals surface area contributed by atoms with Crippen molar-refractivity contribution in [1.29, 1.82) is 0 Å². The Labute approximate surface area is 265 Å². The summed E-state index contributed by atoms with van der Waals surface area (Å²) < 4.78 is 34.7. The zero-order valence-electron chi connectivity index (χ0n) is 27.4. The molecule has 2 N–H and O–H groups in total. The summed E-state index contributed by atoms with van der Waals surface area (Å²) in [5.74, 6) is -1.01. The van der Waals surface area contributed by atoms with E-state index >= 15 is 0 Å². The number of hydrogen-bond acceptors (Lipinski definition) is 11. The Kier molecular flexibility index (Phi) is 8.46. The lowest BCUT2D eigenvalue weighted by Crippen LogP contribution is -2.68. The number of cyclic esters (lactones) is 1. The second-order valence-corrected chi connectivity index (χ2v) is 15.1. The molecule has 11 heteroatoms. The fourth-order valence-electron chi connectivity index (χ4n) is 10.7. The van der Waals surface area contributed by atoms with Crippen molar-refractivity contribution in [3.8, 4) is 0 Å². The molecule has 252 valence electrons. The predicted molar refractivity (Wildman–Crippen MR) is 158 cm³/mol. The standard InChI is InChI=1S/C34H50O11/c1-18-27(43-19(2)35)28(40-6)29(44-20(3)36)30(42-18)45-22-7-11-31(4)24-8-12-32(5)23(21-15-26(37)41-17-21)10-14-34(32,39)25(24)9-13-33(31,38)16-22/h15,18,22-25,27-30,38-39H,7-14,16-17H2,1-6H3. The Balaban J connectivity index is 1.19. The van der Waals surface area contributed by atoms with Gasteiger partial charge in [-0.3, -0.25) is 9.59 Å². The number of fused-ring (bicyclic) bond motifs is 5. The van der Waals surface area contributed by atoms with Gasteiger partial charge in [0.05, 0.1) is 23.4 Å². The molecule has 1 saturated heterocycles. The van der Waals surface area contributed by atoms with Gasteiger partial charge in [0.2, 0.25) is 0 Å². The molecular formula is C34H50O11. The highest BCUT2D eigenvalue weighted by molar-refractivity contribution is 5.85. The molecule has 0 aromatic carbocycles. The van der Waals surface area contributed by atoms with Crippen molar-refractivity contribution in [2.75, 3.05) is 13.7 Å². The summed E-state index contributed by atoms with van der Waals surface area (Å²) in [6, 6.07) is 0. The molecule has 0 amide bonds. The summed E-state index contributed by atoms with van der Waals surface area (Å²) in [4.78, 5) is 35.8. The van der Waals surface area contributed by atoms with Crippen molar-refractivity contribution in [2.24, 2.45) is 28.6 Å². The molecule has 0 spiro atoms. The van der Waals surface area contributed by atoms with Crippen molar-refractivity contribution >= 4 is 17.9 Å². The molecule has 13 unspecified atom stereocenters. The third-order valence-electron chi connectivity index (χ3n) is 13.0. The quantitative estimate of drug-likeness (QED) is 0.252. The number of hydrogen-bond donors (Lipinski definition) is 2. The third kappa shape index (κ3) is 5.16. The van der Waals surface area contributed by atoms with E-state index in [9.17, 15) is 24.6 Å². The zero-order chi connectivity index (χ0) is 32.5. The van der Waals surface area contributed by atoms with Gasteiger partial charge in [-0.05, 0) is 87.0 Å². The topological polar surface area (TPSA) is 147 Å². The molecule has 4 aliphatic carbocycles. The summed E-state index contributed by atoms with van der Waals surface area (Å²) in [6.45, 7) is 9.06. The van der Waals surface area contributed by atoms with Gasteiger partial charge in [-0.1, -0.05) is 13.8 Å². The molecule has 2 heterocycles. The van der Waals surface area contributed by atoms with Gasteiger partial charge in [0.1, 0.15) is 12.7 Å². The number of carbonyl (C=O) groups excluding carboxylic acids is 3. The van der Waals surface area contributed by atoms with Gasteiger partial charge >= 0.3 is 17.9 Å². The van der Waals surface area contributed by atoms with Crippen LogP contribution in [0.3, 0.4) is 0 Å². The van der Waals surface area contributed by atoms with Crippen LogP contribution in [0.4, 0.5) is 0 Å². The molecule has 11 nitrogen and oxygen atoms in total. The normalized spacial score (nSPS) is 49.2. The summed E-state index contributed by atoms with van der Waals surface area (Å²) in [6.07, 6.45) is 3.42. The van der Waals surface area contributed by atoms with Gasteiger partial charge in [0.15, 0.2) is 18.5 Å². The highest BCUT2D eigenvalue weighted by atomic mass is 16.7. The molecule has 6 rings (SSSR count). The maximum absolute atomic E-state index is 12.5. The summed E-state index contributed by atoms with van der Waals surface area (Å²) in [7, 11) is 1.47. The van der Waals surface area contributed by atoms with Crippen molar-refractivity contribution < 1.29 is 53.0 Å². The number of rotatable bonds is 6. The number of methoxy groups -OCH3 is 1. The van der Waals surface area contributed by atoms with E-state index in [1.807, 2.05) is 0 Å². The van der Waals surface area contributed by atoms with Crippen LogP contribution in [0.2, 0.25) is 0 Å². The smallest absolute Gasteiger partial charge is 0.331 e. The monoisotopic (exact) mass is 634 g/mol. The van der Waals surface area contributed by atoms with Crippen LogP contribution in [0.15, 0.2) is 11.6 Å². The molecule has 0 bridgehead atoms. The SMILES string of the molecule is COC1C(OC(C)=O)C(C)OC(OC2CCC3(C)C4CCC5(C)C(C6=CC(=O)OC6)CCC5(O)C4CCC3(O)C2)C1OC(C)=O. The van der Waals surface area contributed by atoms with Crippen LogP contribution >= 0.6 is 0 Å². The molecule has 0 radical (unpaired) electrons. The van der Waals surface area contributed by atoms with Crippen LogP contribution < -0.4 is 0 Å². The lowest BCUT2D eigenvalue weighted by Gasteiger charge is -2.66. The second kappa shape index (κ2) is 11.6. The molecule has 5 fully saturated rings. The van der Waals surface area contributed by atoms with E-state index in [1.54, 1.807) is 13.0 Å². The molecule has 6 aliphatic rings. The highest BCUT2D eigenvalue weighted by Crippen LogP contribution is 2.70. The Hall–Kier alpha value is -2.05. The largest absolute Gasteiger partial charge is 0.458 e. The fraction of sp³-hybridized carbons (Fsp3) is 0.853. The lowest BCUT2D eigenvalue weighted by molar-refractivity contribution is -0.324. The van der Waals surface area contributed by atoms with Crippen LogP contribution in [0.25, 0.3) is 0 Å². The van der Waals surface area contributed by atoms with E-state index in [4.69, 9.17) is 28.4 Å². The summed E-state index contributed by atoms with van der Waals surface area (Å²) in [5.41, 5.74) is -1.63. The van der Waals surface area contributed by atoms with E-state index < -0.39 is 59.3 Å². The molecule has 0 aromatic heterocycles. The van der Waals surface area contributed by atoms with Crippen LogP contribution in [0, 0.1) is 28.6 Å². The van der Waals surface area contributed by atoms with Crippen molar-refractivity contribution in [3.05, 3.63) is 11.6 Å². The first-order valence-electron chi connectivity index (χ1n) is 16.7. The fourth-order valence-corrected chi connectivity index (χ4v) is 10.7. The van der Waals surface area contributed by atoms with E-state index in [2.05, 4.69) is 13.8 Å². The van der Waals surface area contributed by atoms with E-state index in [1.165, 1.54) is 21.0 Å². The Bertz CT molecular complexity index is 1230. The first kappa shape index (κ1) is 32.9. The van der Waals surface area contributed by atoms with Gasteiger partial charge in [-0.25, -0.2) is 4.79 Å². The first-order chi connectivity index (χ1) is 21.2. The molecular weight excluding hydrogens is 584 g/mol. The lowest BCUT2D eigenvalue weighted by atomic mass is 9.42. The van der Waals surface area contributed by atoms with Gasteiger partial charge in [0, 0.05) is 38.9 Å². The highest BCUT2D eigenvalue weighted by Gasteiger charge is 2.70. The van der Waals surface area contributed by atoms with Crippen LogP contribution in [0.1, 0.15) is 92.4 Å².